The number of benzene rings is 1. The second kappa shape index (κ2) is 6.70. The van der Waals surface area contributed by atoms with Gasteiger partial charge in [0.15, 0.2) is 0 Å². The predicted octanol–water partition coefficient (Wildman–Crippen LogP) is 2.35. The number of carbonyl (C=O) groups is 3. The molecule has 1 aliphatic heterocycles. The molecule has 1 fully saturated rings. The third-order valence-electron chi connectivity index (χ3n) is 4.99. The lowest BCUT2D eigenvalue weighted by Crippen LogP contribution is -2.39. The molecule has 0 unspecified atom stereocenters. The van der Waals surface area contributed by atoms with Crippen LogP contribution in [-0.2, 0) is 25.7 Å². The van der Waals surface area contributed by atoms with E-state index < -0.39 is 23.3 Å². The number of carboxylic acid groups (broad SMARTS) is 1. The fourth-order valence-electron chi connectivity index (χ4n) is 3.94. The number of likely N-dealkylation sites (tertiary alicyclic amines) is 1. The number of fused-ring (bicyclic) bond motifs is 1. The third-order valence-corrected chi connectivity index (χ3v) is 4.99. The average Bonchev–Trinajstić information content (AvgIpc) is 3.10. The molecule has 3 rings (SSSR count). The van der Waals surface area contributed by atoms with Gasteiger partial charge in [0, 0.05) is 5.70 Å². The summed E-state index contributed by atoms with van der Waals surface area (Å²) < 4.78 is 5.24. The summed E-state index contributed by atoms with van der Waals surface area (Å²) in [7, 11) is 0. The molecule has 0 radical (unpaired) electrons. The standard InChI is InChI=1S/C19H21NO5/c1-2-25-18(24)19-10-6-9-15(19)20(12-13-7-4-3-5-8-13)17(23)14(19)11-16(21)22/h3-5,7-9,14H,2,6,10-12H2,1H3,(H,21,22)/t14-,19-/m1/s1. The van der Waals surface area contributed by atoms with Crippen molar-refractivity contribution < 1.29 is 24.2 Å². The van der Waals surface area contributed by atoms with Gasteiger partial charge >= 0.3 is 11.9 Å². The molecule has 2 aliphatic rings. The van der Waals surface area contributed by atoms with Crippen molar-refractivity contribution in [3.05, 3.63) is 47.7 Å². The molecule has 1 aromatic rings. The van der Waals surface area contributed by atoms with E-state index in [4.69, 9.17) is 4.74 Å². The Morgan fingerprint density at radius 2 is 2.04 bits per heavy atom. The zero-order chi connectivity index (χ0) is 18.0. The summed E-state index contributed by atoms with van der Waals surface area (Å²) in [4.78, 5) is 38.6. The molecule has 0 aromatic heterocycles. The van der Waals surface area contributed by atoms with E-state index in [0.29, 0.717) is 25.1 Å². The Hall–Kier alpha value is -2.63. The van der Waals surface area contributed by atoms with Gasteiger partial charge in [0.1, 0.15) is 5.41 Å². The normalized spacial score (nSPS) is 24.8. The van der Waals surface area contributed by atoms with Gasteiger partial charge < -0.3 is 14.7 Å². The van der Waals surface area contributed by atoms with Crippen LogP contribution in [0.3, 0.4) is 0 Å². The fourth-order valence-corrected chi connectivity index (χ4v) is 3.94. The minimum absolute atomic E-state index is 0.195. The molecule has 6 nitrogen and oxygen atoms in total. The molecular weight excluding hydrogens is 322 g/mol. The molecule has 1 heterocycles. The maximum Gasteiger partial charge on any atom is 0.318 e. The monoisotopic (exact) mass is 343 g/mol. The van der Waals surface area contributed by atoms with Crippen LogP contribution in [0.25, 0.3) is 0 Å². The summed E-state index contributed by atoms with van der Waals surface area (Å²) in [6.07, 6.45) is 2.54. The van der Waals surface area contributed by atoms with Crippen molar-refractivity contribution in [1.29, 1.82) is 0 Å². The summed E-state index contributed by atoms with van der Waals surface area (Å²) in [5.41, 5.74) is 0.365. The molecule has 132 valence electrons. The summed E-state index contributed by atoms with van der Waals surface area (Å²) in [6, 6.07) is 9.46. The maximum atomic E-state index is 13.0. The zero-order valence-corrected chi connectivity index (χ0v) is 14.1. The molecule has 1 N–H and O–H groups in total. The summed E-state index contributed by atoms with van der Waals surface area (Å²) in [6.45, 7) is 2.22. The van der Waals surface area contributed by atoms with E-state index in [-0.39, 0.29) is 18.9 Å². The van der Waals surface area contributed by atoms with Gasteiger partial charge in [-0.2, -0.15) is 0 Å². The first-order chi connectivity index (χ1) is 12.0. The Morgan fingerprint density at radius 3 is 2.68 bits per heavy atom. The Morgan fingerprint density at radius 1 is 1.32 bits per heavy atom. The zero-order valence-electron chi connectivity index (χ0n) is 14.1. The van der Waals surface area contributed by atoms with Gasteiger partial charge in [-0.1, -0.05) is 36.4 Å². The molecule has 1 aromatic carbocycles. The number of carboxylic acids is 1. The van der Waals surface area contributed by atoms with Gasteiger partial charge in [-0.05, 0) is 25.3 Å². The second-order valence-corrected chi connectivity index (χ2v) is 6.38. The number of hydrogen-bond acceptors (Lipinski definition) is 4. The molecule has 0 saturated carbocycles. The highest BCUT2D eigenvalue weighted by Gasteiger charge is 2.63. The third kappa shape index (κ3) is 2.81. The minimum atomic E-state index is -1.17. The summed E-state index contributed by atoms with van der Waals surface area (Å²) in [5, 5.41) is 9.27. The van der Waals surface area contributed by atoms with Gasteiger partial charge in [-0.3, -0.25) is 14.4 Å². The van der Waals surface area contributed by atoms with E-state index in [0.717, 1.165) is 5.56 Å². The SMILES string of the molecule is CCOC(=O)[C@@]12CCC=C1N(Cc1ccccc1)C(=O)[C@H]2CC(=O)O. The molecule has 1 saturated heterocycles. The van der Waals surface area contributed by atoms with Crippen molar-refractivity contribution in [3.8, 4) is 0 Å². The predicted molar refractivity (Wildman–Crippen MR) is 89.1 cm³/mol. The van der Waals surface area contributed by atoms with E-state index >= 15 is 0 Å². The van der Waals surface area contributed by atoms with E-state index in [1.165, 1.54) is 0 Å². The first-order valence-corrected chi connectivity index (χ1v) is 8.45. The van der Waals surface area contributed by atoms with Crippen LogP contribution < -0.4 is 0 Å². The number of nitrogens with zero attached hydrogens (tertiary/aromatic N) is 1. The highest BCUT2D eigenvalue weighted by Crippen LogP contribution is 2.55. The van der Waals surface area contributed by atoms with Gasteiger partial charge in [0.25, 0.3) is 0 Å². The van der Waals surface area contributed by atoms with Crippen molar-refractivity contribution in [2.24, 2.45) is 11.3 Å². The Kier molecular flexibility index (Phi) is 4.61. The number of aliphatic carboxylic acids is 1. The number of carbonyl (C=O) groups excluding carboxylic acids is 2. The van der Waals surface area contributed by atoms with Crippen molar-refractivity contribution in [1.82, 2.24) is 4.90 Å². The van der Waals surface area contributed by atoms with Gasteiger partial charge in [0.05, 0.1) is 25.5 Å². The smallest absolute Gasteiger partial charge is 0.318 e. The highest BCUT2D eigenvalue weighted by atomic mass is 16.5. The van der Waals surface area contributed by atoms with Crippen molar-refractivity contribution in [2.75, 3.05) is 6.61 Å². The lowest BCUT2D eigenvalue weighted by Gasteiger charge is -2.28. The molecule has 0 spiro atoms. The van der Waals surface area contributed by atoms with Crippen LogP contribution >= 0.6 is 0 Å². The Labute approximate surface area is 146 Å². The van der Waals surface area contributed by atoms with Gasteiger partial charge in [-0.15, -0.1) is 0 Å². The number of ether oxygens (including phenoxy) is 1. The van der Waals surface area contributed by atoms with E-state index in [1.54, 1.807) is 11.8 Å². The fraction of sp³-hybridized carbons (Fsp3) is 0.421. The van der Waals surface area contributed by atoms with Crippen LogP contribution in [0.2, 0.25) is 0 Å². The van der Waals surface area contributed by atoms with E-state index in [2.05, 4.69) is 0 Å². The molecule has 1 amide bonds. The van der Waals surface area contributed by atoms with Crippen molar-refractivity contribution in [3.63, 3.8) is 0 Å². The van der Waals surface area contributed by atoms with E-state index in [1.807, 2.05) is 36.4 Å². The largest absolute Gasteiger partial charge is 0.481 e. The van der Waals surface area contributed by atoms with Crippen LogP contribution in [-0.4, -0.2) is 34.5 Å². The lowest BCUT2D eigenvalue weighted by molar-refractivity contribution is -0.158. The van der Waals surface area contributed by atoms with Crippen LogP contribution in [0, 0.1) is 11.3 Å². The lowest BCUT2D eigenvalue weighted by atomic mass is 9.74. The summed E-state index contributed by atoms with van der Waals surface area (Å²) in [5.74, 6) is -2.81. The number of esters is 1. The van der Waals surface area contributed by atoms with Crippen LogP contribution in [0.1, 0.15) is 31.7 Å². The Bertz CT molecular complexity index is 727. The second-order valence-electron chi connectivity index (χ2n) is 6.38. The molecule has 6 heteroatoms. The van der Waals surface area contributed by atoms with Gasteiger partial charge in [0.2, 0.25) is 5.91 Å². The number of amides is 1. The topological polar surface area (TPSA) is 83.9 Å². The van der Waals surface area contributed by atoms with Crippen LogP contribution in [0.15, 0.2) is 42.1 Å². The van der Waals surface area contributed by atoms with Crippen LogP contribution in [0.5, 0.6) is 0 Å². The Balaban J connectivity index is 2.00. The highest BCUT2D eigenvalue weighted by molar-refractivity contribution is 5.98. The molecular formula is C19H21NO5. The number of hydrogen-bond donors (Lipinski definition) is 1. The number of rotatable bonds is 6. The molecule has 0 bridgehead atoms. The van der Waals surface area contributed by atoms with Crippen molar-refractivity contribution >= 4 is 17.8 Å². The van der Waals surface area contributed by atoms with E-state index in [9.17, 15) is 19.5 Å². The number of allylic oxidation sites excluding steroid dienone is 1. The first-order valence-electron chi connectivity index (χ1n) is 8.45. The molecule has 2 atom stereocenters. The first kappa shape index (κ1) is 17.2. The summed E-state index contributed by atoms with van der Waals surface area (Å²) >= 11 is 0. The molecule has 25 heavy (non-hydrogen) atoms. The average molecular weight is 343 g/mol. The maximum absolute atomic E-state index is 13.0. The minimum Gasteiger partial charge on any atom is -0.481 e. The molecule has 1 aliphatic carbocycles. The van der Waals surface area contributed by atoms with Crippen molar-refractivity contribution in [2.45, 2.75) is 32.7 Å². The quantitative estimate of drug-likeness (QED) is 0.802. The van der Waals surface area contributed by atoms with Gasteiger partial charge in [-0.25, -0.2) is 0 Å². The van der Waals surface area contributed by atoms with Crippen LogP contribution in [0.4, 0.5) is 0 Å².